The first kappa shape index (κ1) is 23.1. The van der Waals surface area contributed by atoms with E-state index in [-0.39, 0.29) is 11.5 Å². The Morgan fingerprint density at radius 1 is 0.448 bits per heavy atom. The third kappa shape index (κ3) is 3.00. The number of alkyl halides is 13. The largest absolute Gasteiger partial charge is 0.460 e. The molecule has 29 heavy (non-hydrogen) atoms. The monoisotopic (exact) mass is 446 g/mol. The van der Waals surface area contributed by atoms with Crippen molar-refractivity contribution in [3.63, 3.8) is 0 Å². The molecule has 0 spiro atoms. The molecule has 2 aromatic rings. The second-order valence-corrected chi connectivity index (χ2v) is 5.90. The van der Waals surface area contributed by atoms with Gasteiger partial charge in [0.2, 0.25) is 0 Å². The Labute approximate surface area is 152 Å². The predicted molar refractivity (Wildman–Crippen MR) is 73.7 cm³/mol. The van der Waals surface area contributed by atoms with Crippen LogP contribution in [0.4, 0.5) is 57.1 Å². The van der Waals surface area contributed by atoms with E-state index in [1.54, 1.807) is 0 Å². The average Bonchev–Trinajstić information content (AvgIpc) is 2.59. The van der Waals surface area contributed by atoms with Gasteiger partial charge in [0, 0.05) is 5.56 Å². The highest BCUT2D eigenvalue weighted by atomic mass is 19.4. The van der Waals surface area contributed by atoms with Crippen molar-refractivity contribution in [2.75, 3.05) is 0 Å². The van der Waals surface area contributed by atoms with E-state index in [0.717, 1.165) is 24.3 Å². The van der Waals surface area contributed by atoms with Gasteiger partial charge in [0.05, 0.1) is 0 Å². The Balaban J connectivity index is 2.71. The van der Waals surface area contributed by atoms with Gasteiger partial charge in [0.1, 0.15) is 0 Å². The molecule has 2 rings (SSSR count). The summed E-state index contributed by atoms with van der Waals surface area (Å²) in [5.74, 6) is -37.1. The Hall–Kier alpha value is -2.21. The molecule has 0 aliphatic heterocycles. The van der Waals surface area contributed by atoms with Crippen molar-refractivity contribution < 1.29 is 57.1 Å². The van der Waals surface area contributed by atoms with Gasteiger partial charge in [0.15, 0.2) is 0 Å². The summed E-state index contributed by atoms with van der Waals surface area (Å²) in [5, 5.41) is -1.07. The highest BCUT2D eigenvalue weighted by Gasteiger charge is 2.90. The average molecular weight is 446 g/mol. The van der Waals surface area contributed by atoms with Gasteiger partial charge >= 0.3 is 35.8 Å². The van der Waals surface area contributed by atoms with E-state index in [1.165, 1.54) is 6.07 Å². The summed E-state index contributed by atoms with van der Waals surface area (Å²) in [6.07, 6.45) is -7.43. The van der Waals surface area contributed by atoms with E-state index in [4.69, 9.17) is 0 Å². The van der Waals surface area contributed by atoms with Gasteiger partial charge in [-0.05, 0) is 10.8 Å². The summed E-state index contributed by atoms with van der Waals surface area (Å²) >= 11 is 0. The van der Waals surface area contributed by atoms with E-state index >= 15 is 0 Å². The van der Waals surface area contributed by atoms with Crippen LogP contribution < -0.4 is 0 Å². The number of hydrogen-bond donors (Lipinski definition) is 0. The smallest absolute Gasteiger partial charge is 0.194 e. The third-order valence-corrected chi connectivity index (χ3v) is 4.06. The maximum absolute atomic E-state index is 14.3. The summed E-state index contributed by atoms with van der Waals surface area (Å²) < 4.78 is 172. The molecule has 0 amide bonds. The fraction of sp³-hybridized carbons (Fsp3) is 0.375. The molecule has 0 atom stereocenters. The van der Waals surface area contributed by atoms with E-state index in [1.807, 2.05) is 0 Å². The van der Waals surface area contributed by atoms with E-state index in [2.05, 4.69) is 0 Å². The summed E-state index contributed by atoms with van der Waals surface area (Å²) in [4.78, 5) is 0. The van der Waals surface area contributed by atoms with Crippen molar-refractivity contribution in [2.24, 2.45) is 0 Å². The van der Waals surface area contributed by atoms with Crippen molar-refractivity contribution in [3.05, 3.63) is 48.0 Å². The minimum absolute atomic E-state index is 0.131. The molecule has 0 bridgehead atoms. The van der Waals surface area contributed by atoms with Crippen LogP contribution >= 0.6 is 0 Å². The number of hydrogen-bond acceptors (Lipinski definition) is 0. The first-order valence-electron chi connectivity index (χ1n) is 7.28. The van der Waals surface area contributed by atoms with Crippen LogP contribution in [-0.2, 0) is 5.92 Å². The normalized spacial score (nSPS) is 15.1. The Bertz CT molecular complexity index is 890. The van der Waals surface area contributed by atoms with Gasteiger partial charge in [-0.1, -0.05) is 42.5 Å². The number of fused-ring (bicyclic) bond motifs is 1. The topological polar surface area (TPSA) is 0 Å². The fourth-order valence-corrected chi connectivity index (χ4v) is 2.44. The van der Waals surface area contributed by atoms with Gasteiger partial charge in [-0.2, -0.15) is 57.1 Å². The lowest BCUT2D eigenvalue weighted by molar-refractivity contribution is -0.441. The Morgan fingerprint density at radius 2 is 0.897 bits per heavy atom. The lowest BCUT2D eigenvalue weighted by Gasteiger charge is -2.40. The van der Waals surface area contributed by atoms with Gasteiger partial charge in [-0.15, -0.1) is 0 Å². The van der Waals surface area contributed by atoms with Gasteiger partial charge in [-0.25, -0.2) is 0 Å². The second kappa shape index (κ2) is 6.39. The zero-order valence-corrected chi connectivity index (χ0v) is 13.5. The first-order valence-corrected chi connectivity index (χ1v) is 7.28. The van der Waals surface area contributed by atoms with Gasteiger partial charge < -0.3 is 0 Å². The van der Waals surface area contributed by atoms with Gasteiger partial charge in [-0.3, -0.25) is 0 Å². The molecule has 0 radical (unpaired) electrons. The second-order valence-electron chi connectivity index (χ2n) is 5.90. The molecular formula is C16H7F13. The lowest BCUT2D eigenvalue weighted by atomic mass is 9.88. The molecule has 0 saturated heterocycles. The first-order chi connectivity index (χ1) is 12.8. The van der Waals surface area contributed by atoms with Crippen LogP contribution in [-0.4, -0.2) is 29.9 Å². The quantitative estimate of drug-likeness (QED) is 0.433. The van der Waals surface area contributed by atoms with Crippen molar-refractivity contribution in [1.82, 2.24) is 0 Å². The Kier molecular flexibility index (Phi) is 5.09. The summed E-state index contributed by atoms with van der Waals surface area (Å²) in [6, 6.07) is 5.82. The van der Waals surface area contributed by atoms with Crippen LogP contribution in [0.2, 0.25) is 0 Å². The predicted octanol–water partition coefficient (Wildman–Crippen LogP) is 7.04. The number of rotatable bonds is 5. The molecule has 13 heteroatoms. The zero-order chi connectivity index (χ0) is 22.7. The van der Waals surface area contributed by atoms with Gasteiger partial charge in [0.25, 0.3) is 0 Å². The number of benzene rings is 2. The van der Waals surface area contributed by atoms with E-state index in [9.17, 15) is 57.1 Å². The van der Waals surface area contributed by atoms with Crippen LogP contribution in [0, 0.1) is 0 Å². The zero-order valence-electron chi connectivity index (χ0n) is 13.5. The molecule has 0 saturated carbocycles. The van der Waals surface area contributed by atoms with E-state index in [0.29, 0.717) is 6.07 Å². The summed E-state index contributed by atoms with van der Waals surface area (Å²) in [6.45, 7) is 0. The van der Waals surface area contributed by atoms with Crippen LogP contribution in [0.25, 0.3) is 10.8 Å². The maximum Gasteiger partial charge on any atom is 0.460 e. The van der Waals surface area contributed by atoms with Crippen molar-refractivity contribution in [1.29, 1.82) is 0 Å². The molecule has 0 aliphatic carbocycles. The number of halogens is 13. The lowest BCUT2D eigenvalue weighted by Crippen LogP contribution is -2.69. The Morgan fingerprint density at radius 3 is 1.41 bits per heavy atom. The molecule has 0 heterocycles. The molecule has 0 nitrogen and oxygen atoms in total. The van der Waals surface area contributed by atoms with Crippen molar-refractivity contribution >= 4 is 10.8 Å². The van der Waals surface area contributed by atoms with Crippen molar-refractivity contribution in [2.45, 2.75) is 35.8 Å². The molecule has 0 aromatic heterocycles. The highest BCUT2D eigenvalue weighted by Crippen LogP contribution is 2.62. The molecule has 0 unspecified atom stereocenters. The van der Waals surface area contributed by atoms with Crippen molar-refractivity contribution in [3.8, 4) is 0 Å². The van der Waals surface area contributed by atoms with Crippen LogP contribution in [0.3, 0.4) is 0 Å². The maximum atomic E-state index is 14.3. The van der Waals surface area contributed by atoms with E-state index < -0.39 is 46.7 Å². The standard InChI is InChI=1S/C16H7F13/c17-11(18,10-7-3-5-8-4-1-2-6-9(8)10)12(19,20)13(21,22)14(23,24)15(25,26)16(27,28)29/h1-7H. The molecule has 0 N–H and O–H groups in total. The minimum atomic E-state index is -7.91. The molecule has 0 fully saturated rings. The highest BCUT2D eigenvalue weighted by molar-refractivity contribution is 5.86. The molecule has 2 aromatic carbocycles. The van der Waals surface area contributed by atoms with Crippen LogP contribution in [0.15, 0.2) is 42.5 Å². The third-order valence-electron chi connectivity index (χ3n) is 4.06. The SMILES string of the molecule is FC(F)(F)C(F)(F)C(F)(F)C(F)(F)C(F)(F)C(F)(F)c1cccc2ccccc12. The molecular weight excluding hydrogens is 439 g/mol. The molecule has 162 valence electrons. The fourth-order valence-electron chi connectivity index (χ4n) is 2.44. The summed E-state index contributed by atoms with van der Waals surface area (Å²) in [7, 11) is 0. The summed E-state index contributed by atoms with van der Waals surface area (Å²) in [5.41, 5.74) is -1.97. The molecule has 0 aliphatic rings. The minimum Gasteiger partial charge on any atom is -0.194 e. The van der Waals surface area contributed by atoms with Crippen LogP contribution in [0.1, 0.15) is 5.56 Å². The van der Waals surface area contributed by atoms with Crippen LogP contribution in [0.5, 0.6) is 0 Å².